The first-order chi connectivity index (χ1) is 13.4. The minimum absolute atomic E-state index is 0.0464. The summed E-state index contributed by atoms with van der Waals surface area (Å²) in [7, 11) is -3.57. The Morgan fingerprint density at radius 2 is 1.96 bits per heavy atom. The molecule has 0 saturated carbocycles. The van der Waals surface area contributed by atoms with Crippen LogP contribution in [0, 0.1) is 12.8 Å². The molecule has 0 N–H and O–H groups in total. The lowest BCUT2D eigenvalue weighted by atomic mass is 9.97. The number of ether oxygens (including phenoxy) is 1. The van der Waals surface area contributed by atoms with E-state index in [0.717, 1.165) is 41.7 Å². The number of hydrogen-bond acceptors (Lipinski definition) is 4. The van der Waals surface area contributed by atoms with Crippen LogP contribution in [0.4, 0.5) is 4.79 Å². The largest absolute Gasteiger partial charge is 0.447 e. The van der Waals surface area contributed by atoms with Crippen molar-refractivity contribution in [3.8, 4) is 0 Å². The molecule has 7 heteroatoms. The zero-order valence-corrected chi connectivity index (χ0v) is 17.2. The fraction of sp³-hybridized carbons (Fsp3) is 0.476. The van der Waals surface area contributed by atoms with Gasteiger partial charge in [0.2, 0.25) is 10.0 Å². The summed E-state index contributed by atoms with van der Waals surface area (Å²) in [5, 5.41) is 0. The van der Waals surface area contributed by atoms with Crippen molar-refractivity contribution < 1.29 is 17.9 Å². The maximum absolute atomic E-state index is 13.1. The fourth-order valence-corrected chi connectivity index (χ4v) is 5.72. The van der Waals surface area contributed by atoms with E-state index < -0.39 is 10.0 Å². The van der Waals surface area contributed by atoms with E-state index in [-0.39, 0.29) is 12.0 Å². The highest BCUT2D eigenvalue weighted by Gasteiger charge is 2.39. The van der Waals surface area contributed by atoms with Crippen molar-refractivity contribution in [2.75, 3.05) is 26.2 Å². The van der Waals surface area contributed by atoms with Gasteiger partial charge in [0.05, 0.1) is 17.1 Å². The van der Waals surface area contributed by atoms with E-state index in [2.05, 4.69) is 6.08 Å². The highest BCUT2D eigenvalue weighted by molar-refractivity contribution is 7.89. The number of aryl methyl sites for hydroxylation is 1. The number of carbonyl (C=O) groups is 1. The molecule has 6 nitrogen and oxygen atoms in total. The number of allylic oxidation sites excluding steroid dienone is 2. The highest BCUT2D eigenvalue weighted by atomic mass is 32.2. The van der Waals surface area contributed by atoms with Gasteiger partial charge in [-0.15, -0.1) is 0 Å². The average molecular weight is 403 g/mol. The molecule has 4 rings (SSSR count). The first-order valence-corrected chi connectivity index (χ1v) is 11.3. The molecule has 28 heavy (non-hydrogen) atoms. The number of hydrogen-bond donors (Lipinski definition) is 0. The van der Waals surface area contributed by atoms with E-state index in [4.69, 9.17) is 4.74 Å². The Labute approximate surface area is 166 Å². The normalized spacial score (nSPS) is 25.2. The first kappa shape index (κ1) is 19.2. The lowest BCUT2D eigenvalue weighted by Crippen LogP contribution is -2.29. The molecule has 0 spiro atoms. The summed E-state index contributed by atoms with van der Waals surface area (Å²) in [6.07, 6.45) is 4.82. The fourth-order valence-electron chi connectivity index (χ4n) is 4.21. The molecule has 1 aliphatic carbocycles. The van der Waals surface area contributed by atoms with E-state index in [1.807, 2.05) is 26.0 Å². The molecule has 0 aromatic heterocycles. The van der Waals surface area contributed by atoms with Crippen LogP contribution in [-0.4, -0.2) is 50.0 Å². The molecule has 1 aromatic carbocycles. The van der Waals surface area contributed by atoms with Crippen molar-refractivity contribution in [3.05, 3.63) is 52.7 Å². The third-order valence-corrected chi connectivity index (χ3v) is 7.58. The number of rotatable bonds is 4. The third kappa shape index (κ3) is 3.37. The lowest BCUT2D eigenvalue weighted by molar-refractivity contribution is 0.164. The summed E-state index contributed by atoms with van der Waals surface area (Å²) >= 11 is 0. The molecule has 150 valence electrons. The van der Waals surface area contributed by atoms with Gasteiger partial charge >= 0.3 is 6.09 Å². The van der Waals surface area contributed by atoms with Gasteiger partial charge in [-0.05, 0) is 55.4 Å². The Hall–Kier alpha value is -2.12. The molecule has 2 fully saturated rings. The third-order valence-electron chi connectivity index (χ3n) is 5.76. The van der Waals surface area contributed by atoms with Crippen LogP contribution in [0.2, 0.25) is 0 Å². The summed E-state index contributed by atoms with van der Waals surface area (Å²) in [4.78, 5) is 14.3. The Morgan fingerprint density at radius 3 is 2.57 bits per heavy atom. The Bertz CT molecular complexity index is 947. The van der Waals surface area contributed by atoms with E-state index in [9.17, 15) is 13.2 Å². The predicted molar refractivity (Wildman–Crippen MR) is 106 cm³/mol. The van der Waals surface area contributed by atoms with Gasteiger partial charge in [0.1, 0.15) is 6.61 Å². The van der Waals surface area contributed by atoms with E-state index in [1.165, 1.54) is 4.31 Å². The zero-order chi connectivity index (χ0) is 19.9. The number of cyclic esters (lactones) is 1. The molecular formula is C21H26N2O4S. The van der Waals surface area contributed by atoms with Gasteiger partial charge in [0.15, 0.2) is 0 Å². The van der Waals surface area contributed by atoms with Gasteiger partial charge in [-0.1, -0.05) is 30.7 Å². The zero-order valence-electron chi connectivity index (χ0n) is 16.3. The van der Waals surface area contributed by atoms with Crippen LogP contribution in [0.25, 0.3) is 0 Å². The SMILES string of the molecule is Cc1ccc(S(=O)(=O)N2C/C(=C(\C3=CCCC3)N3CCOC3=O)C(C)C2)cc1. The van der Waals surface area contributed by atoms with Gasteiger partial charge in [-0.25, -0.2) is 13.2 Å². The molecule has 2 aliphatic heterocycles. The van der Waals surface area contributed by atoms with Crippen LogP contribution in [0.1, 0.15) is 31.7 Å². The molecule has 3 aliphatic rings. The van der Waals surface area contributed by atoms with Gasteiger partial charge in [0, 0.05) is 13.1 Å². The summed E-state index contributed by atoms with van der Waals surface area (Å²) in [5.41, 5.74) is 4.09. The number of amides is 1. The second kappa shape index (κ2) is 7.37. The van der Waals surface area contributed by atoms with E-state index >= 15 is 0 Å². The second-order valence-electron chi connectivity index (χ2n) is 7.77. The molecule has 2 heterocycles. The summed E-state index contributed by atoms with van der Waals surface area (Å²) < 4.78 is 33.0. The van der Waals surface area contributed by atoms with Crippen LogP contribution in [0.5, 0.6) is 0 Å². The Balaban J connectivity index is 1.71. The molecule has 2 saturated heterocycles. The average Bonchev–Trinajstić information content (AvgIpc) is 3.40. The van der Waals surface area contributed by atoms with E-state index in [1.54, 1.807) is 17.0 Å². The lowest BCUT2D eigenvalue weighted by Gasteiger charge is -2.23. The monoisotopic (exact) mass is 402 g/mol. The van der Waals surface area contributed by atoms with Crippen molar-refractivity contribution in [3.63, 3.8) is 0 Å². The van der Waals surface area contributed by atoms with Crippen LogP contribution in [0.3, 0.4) is 0 Å². The van der Waals surface area contributed by atoms with Crippen LogP contribution in [-0.2, 0) is 14.8 Å². The molecule has 1 atom stereocenters. The number of benzene rings is 1. The summed E-state index contributed by atoms with van der Waals surface area (Å²) in [5.74, 6) is 0.0464. The van der Waals surface area contributed by atoms with Crippen LogP contribution in [0.15, 0.2) is 52.1 Å². The van der Waals surface area contributed by atoms with Crippen molar-refractivity contribution in [2.24, 2.45) is 5.92 Å². The van der Waals surface area contributed by atoms with Crippen LogP contribution < -0.4 is 0 Å². The predicted octanol–water partition coefficient (Wildman–Crippen LogP) is 3.45. The van der Waals surface area contributed by atoms with Crippen molar-refractivity contribution in [1.29, 1.82) is 0 Å². The topological polar surface area (TPSA) is 66.9 Å². The standard InChI is InChI=1S/C21H26N2O4S/c1-15-7-9-18(10-8-15)28(25,26)22-13-16(2)19(14-22)20(17-5-3-4-6-17)23-11-12-27-21(23)24/h5,7-10,16H,3-4,6,11-14H2,1-2H3/b20-19-. The maximum atomic E-state index is 13.1. The molecule has 1 aromatic rings. The maximum Gasteiger partial charge on any atom is 0.414 e. The minimum Gasteiger partial charge on any atom is -0.447 e. The first-order valence-electron chi connectivity index (χ1n) is 9.81. The minimum atomic E-state index is -3.57. The van der Waals surface area contributed by atoms with Gasteiger partial charge < -0.3 is 4.74 Å². The van der Waals surface area contributed by atoms with Crippen molar-refractivity contribution >= 4 is 16.1 Å². The number of sulfonamides is 1. The number of nitrogens with zero attached hydrogens (tertiary/aromatic N) is 2. The van der Waals surface area contributed by atoms with Gasteiger partial charge in [-0.3, -0.25) is 4.90 Å². The summed E-state index contributed by atoms with van der Waals surface area (Å²) in [6, 6.07) is 6.96. The van der Waals surface area contributed by atoms with Crippen molar-refractivity contribution in [2.45, 2.75) is 38.0 Å². The second-order valence-corrected chi connectivity index (χ2v) is 9.71. The van der Waals surface area contributed by atoms with E-state index in [0.29, 0.717) is 31.1 Å². The van der Waals surface area contributed by atoms with Gasteiger partial charge in [0.25, 0.3) is 0 Å². The smallest absolute Gasteiger partial charge is 0.414 e. The Kier molecular flexibility index (Phi) is 5.05. The Morgan fingerprint density at radius 1 is 1.21 bits per heavy atom. The van der Waals surface area contributed by atoms with Crippen LogP contribution >= 0.6 is 0 Å². The molecular weight excluding hydrogens is 376 g/mol. The molecule has 1 unspecified atom stereocenters. The van der Waals surface area contributed by atoms with Gasteiger partial charge in [-0.2, -0.15) is 4.31 Å². The highest BCUT2D eigenvalue weighted by Crippen LogP contribution is 2.37. The number of carbonyl (C=O) groups excluding carboxylic acids is 1. The molecule has 1 amide bonds. The molecule has 0 bridgehead atoms. The molecule has 0 radical (unpaired) electrons. The quantitative estimate of drug-likeness (QED) is 0.774. The van der Waals surface area contributed by atoms with Crippen molar-refractivity contribution in [1.82, 2.24) is 9.21 Å². The summed E-state index contributed by atoms with van der Waals surface area (Å²) in [6.45, 7) is 5.61.